The maximum atomic E-state index is 12.6. The molecule has 1 aromatic heterocycles. The molecular formula is C19H16BrN3O. The molecule has 120 valence electrons. The summed E-state index contributed by atoms with van der Waals surface area (Å²) in [6.45, 7) is 1.99. The van der Waals surface area contributed by atoms with Crippen molar-refractivity contribution in [2.75, 3.05) is 0 Å². The van der Waals surface area contributed by atoms with Crippen LogP contribution in [0.3, 0.4) is 0 Å². The Morgan fingerprint density at radius 2 is 1.88 bits per heavy atom. The van der Waals surface area contributed by atoms with Crippen LogP contribution in [0.15, 0.2) is 62.9 Å². The Morgan fingerprint density at radius 1 is 1.12 bits per heavy atom. The number of benzene rings is 2. The van der Waals surface area contributed by atoms with Gasteiger partial charge in [0, 0.05) is 21.8 Å². The van der Waals surface area contributed by atoms with E-state index in [1.54, 1.807) is 0 Å². The fourth-order valence-electron chi connectivity index (χ4n) is 3.24. The molecule has 3 aromatic rings. The maximum absolute atomic E-state index is 12.6. The van der Waals surface area contributed by atoms with E-state index in [-0.39, 0.29) is 11.6 Å². The summed E-state index contributed by atoms with van der Waals surface area (Å²) in [6, 6.07) is 16.1. The Balaban J connectivity index is 1.71. The first-order chi connectivity index (χ1) is 11.6. The SMILES string of the molecule is Cc1c(C2=NNC(c3ccc(Br)cc3)C2)c(=O)[nH]c2ccccc12. The van der Waals surface area contributed by atoms with Gasteiger partial charge in [0.25, 0.3) is 5.56 Å². The number of aromatic amines is 1. The molecular weight excluding hydrogens is 366 g/mol. The van der Waals surface area contributed by atoms with E-state index in [0.717, 1.165) is 32.2 Å². The van der Waals surface area contributed by atoms with Crippen molar-refractivity contribution in [2.45, 2.75) is 19.4 Å². The smallest absolute Gasteiger partial charge is 0.257 e. The molecule has 0 spiro atoms. The van der Waals surface area contributed by atoms with Crippen molar-refractivity contribution in [3.05, 3.63) is 80.0 Å². The molecule has 0 radical (unpaired) electrons. The van der Waals surface area contributed by atoms with E-state index in [9.17, 15) is 4.79 Å². The fraction of sp³-hybridized carbons (Fsp3) is 0.158. The standard InChI is InChI=1S/C19H16BrN3O/c1-11-14-4-2-3-5-15(14)21-19(24)18(11)17-10-16(22-23-17)12-6-8-13(20)9-7-12/h2-9,16,22H,10H2,1H3,(H,21,24). The molecule has 4 nitrogen and oxygen atoms in total. The van der Waals surface area contributed by atoms with E-state index in [4.69, 9.17) is 0 Å². The largest absolute Gasteiger partial charge is 0.321 e. The van der Waals surface area contributed by atoms with Crippen LogP contribution >= 0.6 is 15.9 Å². The van der Waals surface area contributed by atoms with E-state index in [0.29, 0.717) is 12.0 Å². The third kappa shape index (κ3) is 2.55. The lowest BCUT2D eigenvalue weighted by molar-refractivity contribution is 0.620. The number of halogens is 1. The Hall–Kier alpha value is -2.40. The number of nitrogens with zero attached hydrogens (tertiary/aromatic N) is 1. The van der Waals surface area contributed by atoms with Gasteiger partial charge in [-0.2, -0.15) is 5.10 Å². The molecule has 1 unspecified atom stereocenters. The third-order valence-electron chi connectivity index (χ3n) is 4.50. The first-order valence-electron chi connectivity index (χ1n) is 7.83. The second-order valence-electron chi connectivity index (χ2n) is 6.00. The molecule has 4 rings (SSSR count). The highest BCUT2D eigenvalue weighted by Gasteiger charge is 2.24. The molecule has 2 heterocycles. The van der Waals surface area contributed by atoms with Gasteiger partial charge in [0.1, 0.15) is 0 Å². The summed E-state index contributed by atoms with van der Waals surface area (Å²) in [5.41, 5.74) is 7.57. The number of para-hydroxylation sites is 1. The van der Waals surface area contributed by atoms with Crippen molar-refractivity contribution in [3.8, 4) is 0 Å². The average molecular weight is 382 g/mol. The van der Waals surface area contributed by atoms with Gasteiger partial charge in [0.2, 0.25) is 0 Å². The first-order valence-corrected chi connectivity index (χ1v) is 8.62. The quantitative estimate of drug-likeness (QED) is 0.703. The van der Waals surface area contributed by atoms with Crippen molar-refractivity contribution < 1.29 is 0 Å². The number of aryl methyl sites for hydroxylation is 1. The lowest BCUT2D eigenvalue weighted by atomic mass is 9.96. The summed E-state index contributed by atoms with van der Waals surface area (Å²) < 4.78 is 1.05. The van der Waals surface area contributed by atoms with Crippen molar-refractivity contribution in [1.29, 1.82) is 0 Å². The van der Waals surface area contributed by atoms with Crippen molar-refractivity contribution in [1.82, 2.24) is 10.4 Å². The second kappa shape index (κ2) is 5.91. The third-order valence-corrected chi connectivity index (χ3v) is 5.02. The van der Waals surface area contributed by atoms with Gasteiger partial charge >= 0.3 is 0 Å². The predicted molar refractivity (Wildman–Crippen MR) is 100 cm³/mol. The van der Waals surface area contributed by atoms with Crippen LogP contribution in [-0.2, 0) is 0 Å². The molecule has 1 atom stereocenters. The minimum absolute atomic E-state index is 0.0804. The predicted octanol–water partition coefficient (Wildman–Crippen LogP) is 4.04. The lowest BCUT2D eigenvalue weighted by Gasteiger charge is -2.11. The summed E-state index contributed by atoms with van der Waals surface area (Å²) in [5.74, 6) is 0. The van der Waals surface area contributed by atoms with Crippen LogP contribution in [0.5, 0.6) is 0 Å². The van der Waals surface area contributed by atoms with Gasteiger partial charge in [0.05, 0.1) is 17.3 Å². The number of rotatable bonds is 2. The number of hydrazone groups is 1. The summed E-state index contributed by atoms with van der Waals surface area (Å²) in [5, 5.41) is 5.51. The molecule has 0 bridgehead atoms. The molecule has 0 fully saturated rings. The van der Waals surface area contributed by atoms with Crippen molar-refractivity contribution in [3.63, 3.8) is 0 Å². The molecule has 24 heavy (non-hydrogen) atoms. The zero-order valence-corrected chi connectivity index (χ0v) is 14.7. The zero-order chi connectivity index (χ0) is 16.7. The summed E-state index contributed by atoms with van der Waals surface area (Å²) in [4.78, 5) is 15.5. The minimum atomic E-state index is -0.0804. The minimum Gasteiger partial charge on any atom is -0.321 e. The summed E-state index contributed by atoms with van der Waals surface area (Å²) in [6.07, 6.45) is 0.698. The molecule has 0 amide bonds. The van der Waals surface area contributed by atoms with Crippen LogP contribution < -0.4 is 11.0 Å². The highest BCUT2D eigenvalue weighted by Crippen LogP contribution is 2.27. The summed E-state index contributed by atoms with van der Waals surface area (Å²) in [7, 11) is 0. The van der Waals surface area contributed by atoms with Gasteiger partial charge in [-0.15, -0.1) is 0 Å². The summed E-state index contributed by atoms with van der Waals surface area (Å²) >= 11 is 3.45. The van der Waals surface area contributed by atoms with Crippen LogP contribution in [0.1, 0.15) is 29.2 Å². The van der Waals surface area contributed by atoms with Crippen LogP contribution in [0.4, 0.5) is 0 Å². The van der Waals surface area contributed by atoms with Gasteiger partial charge in [-0.25, -0.2) is 0 Å². The van der Waals surface area contributed by atoms with Gasteiger partial charge in [-0.3, -0.25) is 4.79 Å². The Labute approximate surface area is 147 Å². The highest BCUT2D eigenvalue weighted by molar-refractivity contribution is 9.10. The van der Waals surface area contributed by atoms with Crippen LogP contribution in [0.25, 0.3) is 10.9 Å². The molecule has 5 heteroatoms. The number of H-pyrrole nitrogens is 1. The lowest BCUT2D eigenvalue weighted by Crippen LogP contribution is -2.20. The monoisotopic (exact) mass is 381 g/mol. The first kappa shape index (κ1) is 15.1. The van der Waals surface area contributed by atoms with Crippen molar-refractivity contribution >= 4 is 32.5 Å². The van der Waals surface area contributed by atoms with E-state index in [1.807, 2.05) is 43.3 Å². The topological polar surface area (TPSA) is 57.2 Å². The number of hydrogen-bond acceptors (Lipinski definition) is 3. The number of pyridine rings is 1. The Morgan fingerprint density at radius 3 is 2.67 bits per heavy atom. The van der Waals surface area contributed by atoms with Crippen LogP contribution in [0.2, 0.25) is 0 Å². The molecule has 1 aliphatic rings. The van der Waals surface area contributed by atoms with Gasteiger partial charge in [0.15, 0.2) is 0 Å². The van der Waals surface area contributed by atoms with Gasteiger partial charge in [-0.05, 0) is 36.2 Å². The molecule has 0 saturated carbocycles. The Bertz CT molecular complexity index is 1010. The Kier molecular flexibility index (Phi) is 3.73. The number of hydrogen-bond donors (Lipinski definition) is 2. The van der Waals surface area contributed by atoms with Gasteiger partial charge < -0.3 is 10.4 Å². The maximum Gasteiger partial charge on any atom is 0.257 e. The van der Waals surface area contributed by atoms with Gasteiger partial charge in [-0.1, -0.05) is 46.3 Å². The molecule has 0 saturated heterocycles. The number of fused-ring (bicyclic) bond motifs is 1. The fourth-order valence-corrected chi connectivity index (χ4v) is 3.51. The van der Waals surface area contributed by atoms with E-state index >= 15 is 0 Å². The molecule has 2 N–H and O–H groups in total. The van der Waals surface area contributed by atoms with E-state index in [1.165, 1.54) is 0 Å². The average Bonchev–Trinajstić information content (AvgIpc) is 3.05. The highest BCUT2D eigenvalue weighted by atomic mass is 79.9. The second-order valence-corrected chi connectivity index (χ2v) is 6.91. The van der Waals surface area contributed by atoms with Crippen LogP contribution in [-0.4, -0.2) is 10.7 Å². The zero-order valence-electron chi connectivity index (χ0n) is 13.1. The number of aromatic nitrogens is 1. The van der Waals surface area contributed by atoms with Crippen molar-refractivity contribution in [2.24, 2.45) is 5.10 Å². The van der Waals surface area contributed by atoms with E-state index in [2.05, 4.69) is 43.6 Å². The van der Waals surface area contributed by atoms with Crippen LogP contribution in [0, 0.1) is 6.92 Å². The molecule has 2 aromatic carbocycles. The normalized spacial score (nSPS) is 16.9. The number of nitrogens with one attached hydrogen (secondary N) is 2. The molecule has 1 aliphatic heterocycles. The van der Waals surface area contributed by atoms with E-state index < -0.39 is 0 Å². The molecule has 0 aliphatic carbocycles.